The van der Waals surface area contributed by atoms with Crippen molar-refractivity contribution in [3.05, 3.63) is 0 Å². The molecule has 0 saturated heterocycles. The summed E-state index contributed by atoms with van der Waals surface area (Å²) in [7, 11) is 0.248. The molecule has 0 aliphatic heterocycles. The fraction of sp³-hybridized carbons (Fsp3) is 1.00. The van der Waals surface area contributed by atoms with Gasteiger partial charge in [0.25, 0.3) is 0 Å². The quantitative estimate of drug-likeness (QED) is 0.276. The molecule has 0 saturated carbocycles. The van der Waals surface area contributed by atoms with Crippen LogP contribution < -0.4 is 103 Å². The van der Waals surface area contributed by atoms with E-state index in [1.165, 1.54) is 0 Å². The third kappa shape index (κ3) is 15.7. The molecule has 0 rings (SSSR count). The van der Waals surface area contributed by atoms with E-state index in [1.807, 2.05) is 6.92 Å². The zero-order valence-electron chi connectivity index (χ0n) is 6.56. The first-order chi connectivity index (χ1) is 1.91. The number of hydrogen-bond acceptors (Lipinski definition) is 1. The van der Waals surface area contributed by atoms with Gasteiger partial charge in [0.15, 0.2) is 8.46 Å². The van der Waals surface area contributed by atoms with Crippen molar-refractivity contribution < 1.29 is 110 Å². The van der Waals surface area contributed by atoms with Crippen LogP contribution in [0.15, 0.2) is 0 Å². The molecule has 1 nitrogen and oxygen atoms in total. The van der Waals surface area contributed by atoms with Crippen LogP contribution in [0.3, 0.4) is 0 Å². The molecule has 0 aliphatic carbocycles. The summed E-state index contributed by atoms with van der Waals surface area (Å²) < 4.78 is 9.27. The van der Waals surface area contributed by atoms with Crippen molar-refractivity contribution in [3.63, 3.8) is 0 Å². The van der Waals surface area contributed by atoms with Gasteiger partial charge in [-0.05, 0) is 0 Å². The Morgan fingerprint density at radius 2 is 1.83 bits per heavy atom. The fourth-order valence-electron chi connectivity index (χ4n) is 0. The molecule has 0 amide bonds. The van der Waals surface area contributed by atoms with Gasteiger partial charge in [-0.15, -0.1) is 0 Å². The Hall–Kier alpha value is 3.37. The Bertz CT molecular complexity index is 32.0. The van der Waals surface area contributed by atoms with Crippen LogP contribution in [0, 0.1) is 0 Å². The van der Waals surface area contributed by atoms with Crippen LogP contribution in [-0.2, 0) is 4.57 Å². The first-order valence-electron chi connectivity index (χ1n) is 1.21. The monoisotopic (exact) mass is 156 g/mol. The third-order valence-electron chi connectivity index (χ3n) is 0.129. The minimum absolute atomic E-state index is 0. The van der Waals surface area contributed by atoms with Gasteiger partial charge in [-0.2, -0.15) is 0 Å². The fourth-order valence-corrected chi connectivity index (χ4v) is 0. The molecule has 0 fully saturated rings. The first-order valence-corrected chi connectivity index (χ1v) is 2.20. The van der Waals surface area contributed by atoms with Crippen LogP contribution in [0.5, 0.6) is 0 Å². The second-order valence-corrected chi connectivity index (χ2v) is 1.34. The second kappa shape index (κ2) is 15.8. The molecule has 0 radical (unpaired) electrons. The molecule has 0 N–H and O–H groups in total. The Balaban J connectivity index is -0.00000000750. The molecule has 0 heterocycles. The summed E-state index contributed by atoms with van der Waals surface area (Å²) in [5.74, 6) is 0. The maximum atomic E-state index is 9.27. The molecule has 0 bridgehead atoms. The van der Waals surface area contributed by atoms with Gasteiger partial charge >= 0.3 is 103 Å². The molecule has 0 aromatic rings. The Kier molecular flexibility index (Phi) is 42.5. The number of hydrogen-bond donors (Lipinski definition) is 0. The van der Waals surface area contributed by atoms with E-state index in [0.717, 1.165) is 6.16 Å². The van der Waals surface area contributed by atoms with E-state index in [4.69, 9.17) is 0 Å². The minimum Gasteiger partial charge on any atom is -1.00 e. The van der Waals surface area contributed by atoms with Gasteiger partial charge in [-0.3, -0.25) is 4.57 Å². The van der Waals surface area contributed by atoms with E-state index >= 15 is 0 Å². The molecule has 6 heavy (non-hydrogen) atoms. The predicted molar refractivity (Wildman–Crippen MR) is 20.4 cm³/mol. The summed E-state index contributed by atoms with van der Waals surface area (Å²) in [5.41, 5.74) is 0. The van der Waals surface area contributed by atoms with Crippen LogP contribution >= 0.6 is 8.46 Å². The topological polar surface area (TPSA) is 17.1 Å². The van der Waals surface area contributed by atoms with E-state index in [-0.39, 0.29) is 114 Å². The van der Waals surface area contributed by atoms with Gasteiger partial charge in [-0.25, -0.2) is 0 Å². The average Bonchev–Trinajstić information content (AvgIpc) is 1.37. The first kappa shape index (κ1) is 16.2. The van der Waals surface area contributed by atoms with Crippen LogP contribution in [0.25, 0.3) is 0 Å². The van der Waals surface area contributed by atoms with Crippen LogP contribution in [0.4, 0.5) is 0 Å². The molecular formula is C2H7K2OP. The molecule has 0 aliphatic rings. The maximum absolute atomic E-state index is 9.27. The van der Waals surface area contributed by atoms with Crippen molar-refractivity contribution >= 4 is 8.46 Å². The van der Waals surface area contributed by atoms with Gasteiger partial charge in [-0.1, -0.05) is 6.92 Å². The van der Waals surface area contributed by atoms with Crippen molar-refractivity contribution in [1.82, 2.24) is 0 Å². The summed E-state index contributed by atoms with van der Waals surface area (Å²) >= 11 is 0. The molecule has 0 aromatic carbocycles. The third-order valence-corrected chi connectivity index (χ3v) is 0.387. The van der Waals surface area contributed by atoms with E-state index in [1.54, 1.807) is 0 Å². The van der Waals surface area contributed by atoms with Gasteiger partial charge < -0.3 is 2.85 Å². The zero-order valence-corrected chi connectivity index (χ0v) is 11.7. The van der Waals surface area contributed by atoms with E-state index in [0.29, 0.717) is 0 Å². The van der Waals surface area contributed by atoms with Crippen LogP contribution in [0.2, 0.25) is 0 Å². The van der Waals surface area contributed by atoms with E-state index < -0.39 is 0 Å². The standard InChI is InChI=1S/C2H5OP.2K.2H/c1-2-4-3;;;;/h2H2,1H3;;;;/q;2*+1;2*-1. The van der Waals surface area contributed by atoms with E-state index in [9.17, 15) is 4.57 Å². The summed E-state index contributed by atoms with van der Waals surface area (Å²) in [6, 6.07) is 0. The van der Waals surface area contributed by atoms with Gasteiger partial charge in [0, 0.05) is 6.16 Å². The Labute approximate surface area is 128 Å². The van der Waals surface area contributed by atoms with Crippen molar-refractivity contribution in [1.29, 1.82) is 0 Å². The molecular weight excluding hydrogens is 149 g/mol. The smallest absolute Gasteiger partial charge is 1.00 e. The van der Waals surface area contributed by atoms with Gasteiger partial charge in [0.1, 0.15) is 0 Å². The molecule has 0 aromatic heterocycles. The molecule has 0 unspecified atom stereocenters. The maximum Gasteiger partial charge on any atom is 1.00 e. The zero-order chi connectivity index (χ0) is 3.41. The largest absolute Gasteiger partial charge is 1.00 e. The summed E-state index contributed by atoms with van der Waals surface area (Å²) in [6.45, 7) is 1.86. The molecule has 0 spiro atoms. The molecule has 0 atom stereocenters. The van der Waals surface area contributed by atoms with Crippen LogP contribution in [0.1, 0.15) is 9.78 Å². The van der Waals surface area contributed by atoms with Crippen molar-refractivity contribution in [2.24, 2.45) is 0 Å². The van der Waals surface area contributed by atoms with Gasteiger partial charge in [0.2, 0.25) is 0 Å². The van der Waals surface area contributed by atoms with Crippen molar-refractivity contribution in [3.8, 4) is 0 Å². The van der Waals surface area contributed by atoms with E-state index in [2.05, 4.69) is 0 Å². The summed E-state index contributed by atoms with van der Waals surface area (Å²) in [5, 5.41) is 0. The van der Waals surface area contributed by atoms with Crippen LogP contribution in [-0.4, -0.2) is 6.16 Å². The van der Waals surface area contributed by atoms with Crippen molar-refractivity contribution in [2.45, 2.75) is 6.92 Å². The second-order valence-electron chi connectivity index (χ2n) is 0.445. The number of rotatable bonds is 1. The Morgan fingerprint density at radius 3 is 1.83 bits per heavy atom. The Morgan fingerprint density at radius 1 is 1.67 bits per heavy atom. The molecule has 28 valence electrons. The van der Waals surface area contributed by atoms with Crippen molar-refractivity contribution in [2.75, 3.05) is 6.16 Å². The normalized spacial score (nSPS) is 5.50. The SMILES string of the molecule is CCP=O.[H-].[H-].[K+].[K+]. The summed E-state index contributed by atoms with van der Waals surface area (Å²) in [4.78, 5) is 0. The predicted octanol–water partition coefficient (Wildman–Crippen LogP) is -4.47. The average molecular weight is 156 g/mol. The summed E-state index contributed by atoms with van der Waals surface area (Å²) in [6.07, 6.45) is 0.736. The minimum atomic E-state index is 0. The van der Waals surface area contributed by atoms with Gasteiger partial charge in [0.05, 0.1) is 0 Å². The molecule has 4 heteroatoms.